The van der Waals surface area contributed by atoms with Gasteiger partial charge in [0.15, 0.2) is 0 Å². The fourth-order valence-electron chi connectivity index (χ4n) is 3.21. The average Bonchev–Trinajstić information content (AvgIpc) is 3.19. The van der Waals surface area contributed by atoms with Gasteiger partial charge in [-0.05, 0) is 12.1 Å². The molecule has 1 heterocycles. The number of imidazole rings is 1. The number of hydrogen-bond acceptors (Lipinski definition) is 4. The SMILES string of the molecule is O=C([O-])C=C(c1nc(-c2ccccc2)c(-c2ccccc2)[nH]1)c1ccccc1O.[Na+]. The Kier molecular flexibility index (Phi) is 6.90. The van der Waals surface area contributed by atoms with E-state index in [1.165, 1.54) is 6.07 Å². The van der Waals surface area contributed by atoms with Crippen LogP contribution in [-0.2, 0) is 4.79 Å². The first kappa shape index (κ1) is 21.6. The molecule has 0 atom stereocenters. The van der Waals surface area contributed by atoms with Gasteiger partial charge in [0.25, 0.3) is 0 Å². The van der Waals surface area contributed by atoms with Gasteiger partial charge in [0.05, 0.1) is 17.4 Å². The molecule has 5 nitrogen and oxygen atoms in total. The van der Waals surface area contributed by atoms with Gasteiger partial charge in [-0.2, -0.15) is 0 Å². The molecule has 0 fully saturated rings. The van der Waals surface area contributed by atoms with E-state index in [0.717, 1.165) is 22.9 Å². The molecule has 4 aromatic rings. The topological polar surface area (TPSA) is 89.0 Å². The second-order valence-corrected chi connectivity index (χ2v) is 6.44. The Morgan fingerprint density at radius 2 is 1.43 bits per heavy atom. The largest absolute Gasteiger partial charge is 1.00 e. The molecule has 0 saturated carbocycles. The Hall–Kier alpha value is -3.12. The number of aromatic hydroxyl groups is 1. The number of phenols is 1. The third-order valence-corrected chi connectivity index (χ3v) is 4.53. The Labute approximate surface area is 196 Å². The first-order valence-electron chi connectivity index (χ1n) is 9.06. The van der Waals surface area contributed by atoms with E-state index in [1.54, 1.807) is 18.2 Å². The Morgan fingerprint density at radius 3 is 2.03 bits per heavy atom. The number of aromatic amines is 1. The van der Waals surface area contributed by atoms with Crippen molar-refractivity contribution in [3.63, 3.8) is 0 Å². The molecule has 0 bridgehead atoms. The van der Waals surface area contributed by atoms with E-state index >= 15 is 0 Å². The second-order valence-electron chi connectivity index (χ2n) is 6.44. The average molecular weight is 404 g/mol. The zero-order valence-electron chi connectivity index (χ0n) is 16.4. The number of nitrogens with zero attached hydrogens (tertiary/aromatic N) is 1. The van der Waals surface area contributed by atoms with E-state index in [4.69, 9.17) is 4.98 Å². The number of aromatic nitrogens is 2. The van der Waals surface area contributed by atoms with Crippen LogP contribution in [0.15, 0.2) is 91.0 Å². The van der Waals surface area contributed by atoms with E-state index in [1.807, 2.05) is 60.7 Å². The van der Waals surface area contributed by atoms with Crippen molar-refractivity contribution in [2.45, 2.75) is 0 Å². The number of para-hydroxylation sites is 1. The molecular weight excluding hydrogens is 387 g/mol. The van der Waals surface area contributed by atoms with Crippen molar-refractivity contribution in [3.05, 3.63) is 102 Å². The van der Waals surface area contributed by atoms with Gasteiger partial charge in [-0.1, -0.05) is 78.9 Å². The Balaban J connectivity index is 0.00000256. The number of carbonyl (C=O) groups excluding carboxylic acids is 1. The molecule has 0 unspecified atom stereocenters. The molecule has 30 heavy (non-hydrogen) atoms. The summed E-state index contributed by atoms with van der Waals surface area (Å²) in [5.74, 6) is -1.09. The van der Waals surface area contributed by atoms with Crippen LogP contribution in [0.4, 0.5) is 0 Å². The Bertz CT molecular complexity index is 1130. The van der Waals surface area contributed by atoms with Gasteiger partial charge in [0.1, 0.15) is 11.6 Å². The number of benzene rings is 3. The van der Waals surface area contributed by atoms with Crippen LogP contribution in [-0.4, -0.2) is 21.0 Å². The van der Waals surface area contributed by atoms with E-state index in [-0.39, 0.29) is 40.9 Å². The van der Waals surface area contributed by atoms with E-state index < -0.39 is 5.97 Å². The number of rotatable bonds is 5. The van der Waals surface area contributed by atoms with Crippen LogP contribution in [0.1, 0.15) is 11.4 Å². The minimum atomic E-state index is -1.37. The number of nitrogens with one attached hydrogen (secondary N) is 1. The summed E-state index contributed by atoms with van der Waals surface area (Å²) in [4.78, 5) is 19.3. The van der Waals surface area contributed by atoms with Crippen LogP contribution in [0.3, 0.4) is 0 Å². The van der Waals surface area contributed by atoms with Gasteiger partial charge in [0, 0.05) is 22.3 Å². The van der Waals surface area contributed by atoms with Gasteiger partial charge in [-0.3, -0.25) is 0 Å². The van der Waals surface area contributed by atoms with Crippen LogP contribution >= 0.6 is 0 Å². The van der Waals surface area contributed by atoms with Gasteiger partial charge in [0.2, 0.25) is 0 Å². The molecule has 3 aromatic carbocycles. The molecule has 0 amide bonds. The molecule has 0 aliphatic heterocycles. The first-order valence-corrected chi connectivity index (χ1v) is 9.06. The number of aliphatic carboxylic acids is 1. The number of carboxylic acid groups (broad SMARTS) is 1. The molecule has 0 aliphatic rings. The third-order valence-electron chi connectivity index (χ3n) is 4.53. The zero-order chi connectivity index (χ0) is 20.2. The molecule has 6 heteroatoms. The first-order chi connectivity index (χ1) is 14.1. The van der Waals surface area contributed by atoms with Gasteiger partial charge in [-0.25, -0.2) is 4.98 Å². The summed E-state index contributed by atoms with van der Waals surface area (Å²) in [5.41, 5.74) is 3.83. The molecule has 142 valence electrons. The molecule has 0 radical (unpaired) electrons. The van der Waals surface area contributed by atoms with Crippen molar-refractivity contribution < 1.29 is 44.6 Å². The number of H-pyrrole nitrogens is 1. The summed E-state index contributed by atoms with van der Waals surface area (Å²) in [5, 5.41) is 21.7. The zero-order valence-corrected chi connectivity index (χ0v) is 18.4. The van der Waals surface area contributed by atoms with Gasteiger partial charge < -0.3 is 20.0 Å². The van der Waals surface area contributed by atoms with Crippen molar-refractivity contribution in [2.75, 3.05) is 0 Å². The molecule has 4 rings (SSSR count). The maximum atomic E-state index is 11.4. The van der Waals surface area contributed by atoms with Crippen LogP contribution in [0.2, 0.25) is 0 Å². The third kappa shape index (κ3) is 4.54. The predicted octanol–water partition coefficient (Wildman–Crippen LogP) is 0.635. The Morgan fingerprint density at radius 1 is 0.867 bits per heavy atom. The quantitative estimate of drug-likeness (QED) is 0.377. The number of carboxylic acids is 1. The van der Waals surface area contributed by atoms with Crippen LogP contribution < -0.4 is 34.7 Å². The normalized spacial score (nSPS) is 11.0. The summed E-state index contributed by atoms with van der Waals surface area (Å²) < 4.78 is 0. The van der Waals surface area contributed by atoms with E-state index in [0.29, 0.717) is 17.1 Å². The van der Waals surface area contributed by atoms with Gasteiger partial charge in [-0.15, -0.1) is 0 Å². The second kappa shape index (κ2) is 9.59. The summed E-state index contributed by atoms with van der Waals surface area (Å²) in [6.07, 6.45) is 0.942. The molecule has 2 N–H and O–H groups in total. The summed E-state index contributed by atoms with van der Waals surface area (Å²) in [6.45, 7) is 0. The molecule has 0 spiro atoms. The summed E-state index contributed by atoms with van der Waals surface area (Å²) >= 11 is 0. The maximum Gasteiger partial charge on any atom is 1.00 e. The minimum Gasteiger partial charge on any atom is -0.545 e. The fourth-order valence-corrected chi connectivity index (χ4v) is 3.21. The van der Waals surface area contributed by atoms with Gasteiger partial charge >= 0.3 is 29.6 Å². The maximum absolute atomic E-state index is 11.4. The smallest absolute Gasteiger partial charge is 0.545 e. The van der Waals surface area contributed by atoms with Crippen LogP contribution in [0.5, 0.6) is 5.75 Å². The monoisotopic (exact) mass is 404 g/mol. The van der Waals surface area contributed by atoms with Crippen molar-refractivity contribution >= 4 is 11.5 Å². The van der Waals surface area contributed by atoms with E-state index in [2.05, 4.69) is 4.98 Å². The fraction of sp³-hybridized carbons (Fsp3) is 0. The van der Waals surface area contributed by atoms with Crippen molar-refractivity contribution in [1.29, 1.82) is 0 Å². The summed E-state index contributed by atoms with van der Waals surface area (Å²) in [6, 6.07) is 25.8. The van der Waals surface area contributed by atoms with E-state index in [9.17, 15) is 15.0 Å². The molecular formula is C24H17N2NaO3. The molecule has 0 aliphatic carbocycles. The number of carbonyl (C=O) groups is 1. The van der Waals surface area contributed by atoms with Crippen LogP contribution in [0.25, 0.3) is 28.1 Å². The number of phenolic OH excluding ortho intramolecular Hbond substituents is 1. The number of hydrogen-bond donors (Lipinski definition) is 2. The molecule has 1 aromatic heterocycles. The standard InChI is InChI=1S/C24H18N2O3.Na/c27-20-14-8-7-13-18(20)19(15-21(28)29)24-25-22(16-9-3-1-4-10-16)23(26-24)17-11-5-2-6-12-17;/h1-15,27H,(H,25,26)(H,28,29);/q;+1/p-1. The molecule has 0 saturated heterocycles. The minimum absolute atomic E-state index is 0. The summed E-state index contributed by atoms with van der Waals surface area (Å²) in [7, 11) is 0. The van der Waals surface area contributed by atoms with Crippen LogP contribution in [0, 0.1) is 0 Å². The predicted molar refractivity (Wildman–Crippen MR) is 110 cm³/mol. The van der Waals surface area contributed by atoms with Crippen molar-refractivity contribution in [3.8, 4) is 28.3 Å². The van der Waals surface area contributed by atoms with Crippen molar-refractivity contribution in [2.24, 2.45) is 0 Å². The van der Waals surface area contributed by atoms with Crippen molar-refractivity contribution in [1.82, 2.24) is 9.97 Å².